The van der Waals surface area contributed by atoms with Crippen molar-refractivity contribution in [2.24, 2.45) is 0 Å². The molecule has 0 bridgehead atoms. The predicted octanol–water partition coefficient (Wildman–Crippen LogP) is 1.83. The highest BCUT2D eigenvalue weighted by atomic mass is 35.5. The molecule has 0 amide bonds. The topological polar surface area (TPSA) is 69.1 Å². The van der Waals surface area contributed by atoms with E-state index >= 15 is 0 Å². The molecule has 0 fully saturated rings. The first-order valence-electron chi connectivity index (χ1n) is 5.24. The number of nitrogens with two attached hydrogens (primary N) is 1. The molecule has 2 aromatic rings. The van der Waals surface area contributed by atoms with E-state index in [9.17, 15) is 4.79 Å². The SMILES string of the molecule is CCOC(=O)c1n[n+](-c2ccc(Cl)cc2)sc1N. The van der Waals surface area contributed by atoms with Crippen LogP contribution in [0.4, 0.5) is 5.00 Å². The summed E-state index contributed by atoms with van der Waals surface area (Å²) >= 11 is 6.97. The van der Waals surface area contributed by atoms with Gasteiger partial charge in [0.15, 0.2) is 16.5 Å². The van der Waals surface area contributed by atoms with Crippen LogP contribution < -0.4 is 9.81 Å². The minimum absolute atomic E-state index is 0.136. The summed E-state index contributed by atoms with van der Waals surface area (Å²) in [7, 11) is 0. The molecule has 18 heavy (non-hydrogen) atoms. The van der Waals surface area contributed by atoms with Crippen LogP contribution in [0.1, 0.15) is 17.4 Å². The van der Waals surface area contributed by atoms with Crippen LogP contribution in [0, 0.1) is 0 Å². The van der Waals surface area contributed by atoms with Gasteiger partial charge in [0.2, 0.25) is 0 Å². The summed E-state index contributed by atoms with van der Waals surface area (Å²) in [6.07, 6.45) is 0. The van der Waals surface area contributed by atoms with E-state index in [2.05, 4.69) is 5.10 Å². The van der Waals surface area contributed by atoms with E-state index in [1.165, 1.54) is 11.5 Å². The van der Waals surface area contributed by atoms with Crippen molar-refractivity contribution in [2.45, 2.75) is 6.92 Å². The second-order valence-electron chi connectivity index (χ2n) is 3.37. The maximum absolute atomic E-state index is 11.6. The summed E-state index contributed by atoms with van der Waals surface area (Å²) < 4.78 is 6.42. The lowest BCUT2D eigenvalue weighted by Crippen LogP contribution is -2.29. The number of nitrogens with zero attached hydrogens (tertiary/aromatic N) is 2. The Morgan fingerprint density at radius 3 is 2.78 bits per heavy atom. The maximum Gasteiger partial charge on any atom is 0.366 e. The minimum Gasteiger partial charge on any atom is -0.461 e. The summed E-state index contributed by atoms with van der Waals surface area (Å²) in [5.41, 5.74) is 6.67. The van der Waals surface area contributed by atoms with Crippen molar-refractivity contribution in [1.29, 1.82) is 0 Å². The second-order valence-corrected chi connectivity index (χ2v) is 4.78. The van der Waals surface area contributed by atoms with Crippen LogP contribution in [0.3, 0.4) is 0 Å². The number of rotatable bonds is 3. The smallest absolute Gasteiger partial charge is 0.366 e. The van der Waals surface area contributed by atoms with Gasteiger partial charge in [-0.25, -0.2) is 4.79 Å². The van der Waals surface area contributed by atoms with Gasteiger partial charge >= 0.3 is 5.97 Å². The largest absolute Gasteiger partial charge is 0.461 e. The Balaban J connectivity index is 2.34. The first-order chi connectivity index (χ1) is 8.61. The molecular weight excluding hydrogens is 274 g/mol. The molecule has 0 aliphatic rings. The summed E-state index contributed by atoms with van der Waals surface area (Å²) in [5.74, 6) is -0.515. The fraction of sp³-hybridized carbons (Fsp3) is 0.182. The number of carbonyl (C=O) groups excluding carboxylic acids is 1. The third-order valence-corrected chi connectivity index (χ3v) is 3.23. The van der Waals surface area contributed by atoms with Crippen molar-refractivity contribution in [3.05, 3.63) is 35.0 Å². The first-order valence-corrected chi connectivity index (χ1v) is 6.39. The summed E-state index contributed by atoms with van der Waals surface area (Å²) in [6.45, 7) is 2.02. The molecule has 5 nitrogen and oxygen atoms in total. The number of ether oxygens (including phenoxy) is 1. The number of anilines is 1. The highest BCUT2D eigenvalue weighted by Gasteiger charge is 2.25. The Morgan fingerprint density at radius 1 is 1.50 bits per heavy atom. The van der Waals surface area contributed by atoms with Crippen LogP contribution in [-0.4, -0.2) is 17.7 Å². The fourth-order valence-corrected chi connectivity index (χ4v) is 2.19. The van der Waals surface area contributed by atoms with Crippen molar-refractivity contribution >= 4 is 34.1 Å². The number of benzene rings is 1. The van der Waals surface area contributed by atoms with Gasteiger partial charge in [0.25, 0.3) is 11.4 Å². The minimum atomic E-state index is -0.515. The zero-order chi connectivity index (χ0) is 13.1. The Labute approximate surface area is 113 Å². The Hall–Kier alpha value is -1.66. The molecule has 94 valence electrons. The van der Waals surface area contributed by atoms with Gasteiger partial charge in [-0.1, -0.05) is 11.6 Å². The lowest BCUT2D eigenvalue weighted by molar-refractivity contribution is -0.588. The van der Waals surface area contributed by atoms with E-state index < -0.39 is 5.97 Å². The number of hydrogen-bond acceptors (Lipinski definition) is 5. The fourth-order valence-electron chi connectivity index (χ4n) is 1.32. The van der Waals surface area contributed by atoms with E-state index in [-0.39, 0.29) is 12.3 Å². The summed E-state index contributed by atoms with van der Waals surface area (Å²) in [5, 5.41) is 5.08. The third kappa shape index (κ3) is 2.60. The first kappa shape index (κ1) is 12.8. The van der Waals surface area contributed by atoms with Gasteiger partial charge in [0.05, 0.1) is 6.61 Å². The average molecular weight is 285 g/mol. The average Bonchev–Trinajstić information content (AvgIpc) is 2.72. The van der Waals surface area contributed by atoms with Gasteiger partial charge in [0, 0.05) is 26.3 Å². The third-order valence-electron chi connectivity index (χ3n) is 2.13. The van der Waals surface area contributed by atoms with Crippen LogP contribution in [0.15, 0.2) is 24.3 Å². The molecule has 1 heterocycles. The van der Waals surface area contributed by atoms with Crippen molar-refractivity contribution in [2.75, 3.05) is 12.3 Å². The quantitative estimate of drug-likeness (QED) is 0.690. The van der Waals surface area contributed by atoms with E-state index in [1.54, 1.807) is 35.3 Å². The zero-order valence-electron chi connectivity index (χ0n) is 9.59. The lowest BCUT2D eigenvalue weighted by Gasteiger charge is -1.94. The summed E-state index contributed by atoms with van der Waals surface area (Å²) in [4.78, 5) is 11.6. The molecule has 0 radical (unpaired) electrons. The maximum atomic E-state index is 11.6. The lowest BCUT2D eigenvalue weighted by atomic mass is 10.3. The van der Waals surface area contributed by atoms with Gasteiger partial charge in [-0.3, -0.25) is 0 Å². The van der Waals surface area contributed by atoms with Crippen molar-refractivity contribution in [3.8, 4) is 5.69 Å². The van der Waals surface area contributed by atoms with Crippen molar-refractivity contribution < 1.29 is 13.6 Å². The van der Waals surface area contributed by atoms with Gasteiger partial charge in [0.1, 0.15) is 0 Å². The Kier molecular flexibility index (Phi) is 3.78. The van der Waals surface area contributed by atoms with Gasteiger partial charge in [-0.2, -0.15) is 0 Å². The molecule has 2 rings (SSSR count). The van der Waals surface area contributed by atoms with E-state index in [0.29, 0.717) is 10.0 Å². The molecule has 1 aromatic carbocycles. The molecule has 0 aliphatic heterocycles. The molecule has 0 saturated carbocycles. The normalized spacial score (nSPS) is 10.3. The molecule has 2 N–H and O–H groups in total. The van der Waals surface area contributed by atoms with Gasteiger partial charge in [-0.15, -0.1) is 0 Å². The van der Waals surface area contributed by atoms with E-state index in [0.717, 1.165) is 5.69 Å². The number of halogens is 1. The van der Waals surface area contributed by atoms with Gasteiger partial charge < -0.3 is 10.5 Å². The number of esters is 1. The standard InChI is InChI=1S/C11H10ClN3O2S/c1-2-17-11(16)9-10(13)18-15(14-9)8-5-3-7(12)4-6-8/h3-6,13H,2H2,1H3/p+1. The second kappa shape index (κ2) is 5.32. The molecule has 1 aromatic heterocycles. The molecule has 0 unspecified atom stereocenters. The van der Waals surface area contributed by atoms with E-state index in [4.69, 9.17) is 22.1 Å². The molecule has 0 atom stereocenters. The highest BCUT2D eigenvalue weighted by Crippen LogP contribution is 2.16. The zero-order valence-corrected chi connectivity index (χ0v) is 11.2. The number of carbonyl (C=O) groups is 1. The van der Waals surface area contributed by atoms with Crippen molar-refractivity contribution in [3.63, 3.8) is 0 Å². The highest BCUT2D eigenvalue weighted by molar-refractivity contribution is 7.06. The van der Waals surface area contributed by atoms with Crippen LogP contribution in [0.25, 0.3) is 5.69 Å². The monoisotopic (exact) mass is 284 g/mol. The van der Waals surface area contributed by atoms with Crippen LogP contribution in [0.5, 0.6) is 0 Å². The van der Waals surface area contributed by atoms with Crippen molar-refractivity contribution in [1.82, 2.24) is 5.10 Å². The number of nitrogen functional groups attached to an aromatic ring is 1. The number of hydrogen-bond donors (Lipinski definition) is 1. The van der Waals surface area contributed by atoms with Crippen LogP contribution in [0.2, 0.25) is 5.02 Å². The molecule has 0 spiro atoms. The molecule has 7 heteroatoms. The van der Waals surface area contributed by atoms with Crippen LogP contribution in [-0.2, 0) is 4.74 Å². The molecule has 0 saturated heterocycles. The predicted molar refractivity (Wildman–Crippen MR) is 69.0 cm³/mol. The van der Waals surface area contributed by atoms with Gasteiger partial charge in [-0.05, 0) is 19.1 Å². The molecule has 0 aliphatic carbocycles. The van der Waals surface area contributed by atoms with E-state index in [1.807, 2.05) is 0 Å². The molecular formula is C11H11ClN3O2S+. The van der Waals surface area contributed by atoms with Crippen LogP contribution >= 0.6 is 23.1 Å². The Morgan fingerprint density at radius 2 is 2.17 bits per heavy atom. The number of aromatic nitrogens is 2. The Bertz CT molecular complexity index is 568. The summed E-state index contributed by atoms with van der Waals surface area (Å²) in [6, 6.07) is 7.07.